The summed E-state index contributed by atoms with van der Waals surface area (Å²) in [5.41, 5.74) is 0. The van der Waals surface area contributed by atoms with Crippen molar-refractivity contribution in [3.05, 3.63) is 11.7 Å². The monoisotopic (exact) mass is 296 g/mol. The Hall–Kier alpha value is -1.47. The summed E-state index contributed by atoms with van der Waals surface area (Å²) in [4.78, 5) is 16.0. The van der Waals surface area contributed by atoms with Gasteiger partial charge >= 0.3 is 5.97 Å². The van der Waals surface area contributed by atoms with Crippen molar-refractivity contribution in [2.75, 3.05) is 13.2 Å². The maximum Gasteiger partial charge on any atom is 0.335 e. The first-order valence-corrected chi connectivity index (χ1v) is 7.44. The third kappa shape index (κ3) is 4.01. The highest BCUT2D eigenvalue weighted by Crippen LogP contribution is 2.38. The Kier molecular flexibility index (Phi) is 4.50. The van der Waals surface area contributed by atoms with Gasteiger partial charge in [0.25, 0.3) is 0 Å². The lowest BCUT2D eigenvalue weighted by Crippen LogP contribution is -2.27. The van der Waals surface area contributed by atoms with E-state index in [2.05, 4.69) is 10.1 Å². The largest absolute Gasteiger partial charge is 0.455 e. The van der Waals surface area contributed by atoms with Gasteiger partial charge in [0, 0.05) is 12.5 Å². The van der Waals surface area contributed by atoms with Crippen LogP contribution < -0.4 is 0 Å². The molecule has 0 radical (unpaired) electrons. The fraction of sp³-hybridized carbons (Fsp3) is 0.786. The smallest absolute Gasteiger partial charge is 0.335 e. The summed E-state index contributed by atoms with van der Waals surface area (Å²) in [7, 11) is 0. The zero-order valence-electron chi connectivity index (χ0n) is 12.1. The standard InChI is InChI=1S/C14H20N2O5/c1-9(19-7-11-3-2-6-18-11)14(17)20-8-12-15-13(21-16-12)10-4-5-10/h9-11H,2-8H2,1H3. The van der Waals surface area contributed by atoms with Gasteiger partial charge in [-0.3, -0.25) is 0 Å². The van der Waals surface area contributed by atoms with Crippen LogP contribution in [0.15, 0.2) is 4.52 Å². The molecule has 21 heavy (non-hydrogen) atoms. The molecule has 1 aliphatic heterocycles. The summed E-state index contributed by atoms with van der Waals surface area (Å²) < 4.78 is 21.1. The van der Waals surface area contributed by atoms with Crippen molar-refractivity contribution in [3.63, 3.8) is 0 Å². The van der Waals surface area contributed by atoms with Crippen LogP contribution in [0.2, 0.25) is 0 Å². The minimum Gasteiger partial charge on any atom is -0.455 e. The van der Waals surface area contributed by atoms with E-state index < -0.39 is 12.1 Å². The molecule has 0 spiro atoms. The summed E-state index contributed by atoms with van der Waals surface area (Å²) in [6.45, 7) is 2.88. The van der Waals surface area contributed by atoms with Gasteiger partial charge in [0.05, 0.1) is 12.7 Å². The molecule has 0 amide bonds. The zero-order valence-corrected chi connectivity index (χ0v) is 12.1. The van der Waals surface area contributed by atoms with Crippen molar-refractivity contribution in [3.8, 4) is 0 Å². The van der Waals surface area contributed by atoms with Gasteiger partial charge in [-0.2, -0.15) is 4.98 Å². The lowest BCUT2D eigenvalue weighted by atomic mass is 10.2. The van der Waals surface area contributed by atoms with E-state index in [1.165, 1.54) is 0 Å². The van der Waals surface area contributed by atoms with E-state index in [4.69, 9.17) is 18.7 Å². The normalized spacial score (nSPS) is 23.2. The first kappa shape index (κ1) is 14.5. The maximum absolute atomic E-state index is 11.8. The van der Waals surface area contributed by atoms with Gasteiger partial charge in [-0.25, -0.2) is 4.79 Å². The summed E-state index contributed by atoms with van der Waals surface area (Å²) in [6, 6.07) is 0. The van der Waals surface area contributed by atoms with Crippen LogP contribution in [0.5, 0.6) is 0 Å². The molecule has 1 saturated heterocycles. The average molecular weight is 296 g/mol. The van der Waals surface area contributed by atoms with Gasteiger partial charge in [-0.05, 0) is 32.6 Å². The Balaban J connectivity index is 1.37. The molecule has 2 unspecified atom stereocenters. The van der Waals surface area contributed by atoms with Crippen LogP contribution in [0, 0.1) is 0 Å². The molecular weight excluding hydrogens is 276 g/mol. The maximum atomic E-state index is 11.8. The highest BCUT2D eigenvalue weighted by molar-refractivity contribution is 5.74. The van der Waals surface area contributed by atoms with E-state index in [9.17, 15) is 4.79 Å². The number of nitrogens with zero attached hydrogens (tertiary/aromatic N) is 2. The molecule has 116 valence electrons. The molecule has 0 aromatic carbocycles. The number of hydrogen-bond donors (Lipinski definition) is 0. The van der Waals surface area contributed by atoms with Crippen molar-refractivity contribution in [1.82, 2.24) is 10.1 Å². The molecule has 1 aliphatic carbocycles. The number of carbonyl (C=O) groups excluding carboxylic acids is 1. The van der Waals surface area contributed by atoms with Crippen molar-refractivity contribution in [1.29, 1.82) is 0 Å². The molecule has 7 heteroatoms. The number of esters is 1. The van der Waals surface area contributed by atoms with Crippen LogP contribution >= 0.6 is 0 Å². The number of ether oxygens (including phenoxy) is 3. The van der Waals surface area contributed by atoms with Crippen LogP contribution in [0.1, 0.15) is 50.2 Å². The SMILES string of the molecule is CC(OCC1CCCO1)C(=O)OCc1noc(C2CC2)n1. The van der Waals surface area contributed by atoms with E-state index in [0.29, 0.717) is 24.2 Å². The lowest BCUT2D eigenvalue weighted by molar-refractivity contribution is -0.159. The second-order valence-electron chi connectivity index (χ2n) is 5.54. The molecule has 0 N–H and O–H groups in total. The van der Waals surface area contributed by atoms with Gasteiger partial charge in [-0.1, -0.05) is 5.16 Å². The molecule has 0 bridgehead atoms. The topological polar surface area (TPSA) is 83.7 Å². The minimum absolute atomic E-state index is 0.0165. The van der Waals surface area contributed by atoms with Gasteiger partial charge in [0.1, 0.15) is 0 Å². The number of carbonyl (C=O) groups is 1. The van der Waals surface area contributed by atoms with Crippen molar-refractivity contribution < 1.29 is 23.5 Å². The van der Waals surface area contributed by atoms with Gasteiger partial charge < -0.3 is 18.7 Å². The molecule has 3 rings (SSSR count). The summed E-state index contributed by atoms with van der Waals surface area (Å²) >= 11 is 0. The van der Waals surface area contributed by atoms with Crippen LogP contribution in [-0.2, 0) is 25.6 Å². The predicted molar refractivity (Wildman–Crippen MR) is 70.5 cm³/mol. The first-order valence-electron chi connectivity index (χ1n) is 7.44. The number of hydrogen-bond acceptors (Lipinski definition) is 7. The Bertz CT molecular complexity index is 479. The van der Waals surface area contributed by atoms with Crippen LogP contribution in [-0.4, -0.2) is 41.5 Å². The highest BCUT2D eigenvalue weighted by Gasteiger charge is 2.30. The van der Waals surface area contributed by atoms with E-state index >= 15 is 0 Å². The highest BCUT2D eigenvalue weighted by atomic mass is 16.6. The molecule has 1 saturated carbocycles. The lowest BCUT2D eigenvalue weighted by Gasteiger charge is -2.14. The Morgan fingerprint density at radius 3 is 3.00 bits per heavy atom. The fourth-order valence-corrected chi connectivity index (χ4v) is 2.17. The molecular formula is C14H20N2O5. The molecule has 1 aromatic rings. The molecule has 7 nitrogen and oxygen atoms in total. The average Bonchev–Trinajstić information content (AvgIpc) is 3.03. The van der Waals surface area contributed by atoms with Crippen molar-refractivity contribution in [2.24, 2.45) is 0 Å². The van der Waals surface area contributed by atoms with Crippen molar-refractivity contribution in [2.45, 2.75) is 57.3 Å². The van der Waals surface area contributed by atoms with Crippen LogP contribution in [0.4, 0.5) is 0 Å². The van der Waals surface area contributed by atoms with E-state index in [1.54, 1.807) is 6.92 Å². The second kappa shape index (κ2) is 6.53. The summed E-state index contributed by atoms with van der Waals surface area (Å²) in [6.07, 6.45) is 3.69. The van der Waals surface area contributed by atoms with Gasteiger partial charge in [-0.15, -0.1) is 0 Å². The van der Waals surface area contributed by atoms with Gasteiger partial charge in [0.2, 0.25) is 11.7 Å². The van der Waals surface area contributed by atoms with Gasteiger partial charge in [0.15, 0.2) is 12.7 Å². The minimum atomic E-state index is -0.621. The van der Waals surface area contributed by atoms with Crippen LogP contribution in [0.25, 0.3) is 0 Å². The quantitative estimate of drug-likeness (QED) is 0.706. The number of aromatic nitrogens is 2. The first-order chi connectivity index (χ1) is 10.2. The van der Waals surface area contributed by atoms with Crippen molar-refractivity contribution >= 4 is 5.97 Å². The third-order valence-electron chi connectivity index (χ3n) is 3.64. The molecule has 2 heterocycles. The Labute approximate surface area is 122 Å². The van der Waals surface area contributed by atoms with Crippen LogP contribution in [0.3, 0.4) is 0 Å². The predicted octanol–water partition coefficient (Wildman–Crippen LogP) is 1.57. The summed E-state index contributed by atoms with van der Waals surface area (Å²) in [5, 5.41) is 3.79. The fourth-order valence-electron chi connectivity index (χ4n) is 2.17. The zero-order chi connectivity index (χ0) is 14.7. The molecule has 2 aliphatic rings. The Morgan fingerprint density at radius 1 is 1.43 bits per heavy atom. The van der Waals surface area contributed by atoms with E-state index in [0.717, 1.165) is 32.3 Å². The molecule has 1 aromatic heterocycles. The third-order valence-corrected chi connectivity index (χ3v) is 3.64. The molecule has 2 atom stereocenters. The van der Waals surface area contributed by atoms with E-state index in [-0.39, 0.29) is 12.7 Å². The number of rotatable bonds is 7. The van der Waals surface area contributed by atoms with E-state index in [1.807, 2.05) is 0 Å². The Morgan fingerprint density at radius 2 is 2.29 bits per heavy atom. The second-order valence-corrected chi connectivity index (χ2v) is 5.54. The summed E-state index contributed by atoms with van der Waals surface area (Å²) in [5.74, 6) is 1.02. The molecule has 2 fully saturated rings.